The van der Waals surface area contributed by atoms with Gasteiger partial charge in [-0.2, -0.15) is 0 Å². The number of anilines is 1. The van der Waals surface area contributed by atoms with Gasteiger partial charge in [0, 0.05) is 0 Å². The highest BCUT2D eigenvalue weighted by atomic mass is 35.5. The molecular weight excluding hydrogens is 430 g/mol. The SMILES string of the molecule is O=C(Nc1ccc(Cl)c(S(=O)(=O)C2CCNCC2)c1O)NC1CCCc2ccoc21. The monoisotopic (exact) mass is 453 g/mol. The summed E-state index contributed by atoms with van der Waals surface area (Å²) in [5, 5.41) is 18.5. The number of nitrogens with one attached hydrogen (secondary N) is 3. The third kappa shape index (κ3) is 4.01. The van der Waals surface area contributed by atoms with E-state index in [1.54, 1.807) is 6.26 Å². The predicted molar refractivity (Wildman–Crippen MR) is 113 cm³/mol. The number of urea groups is 1. The van der Waals surface area contributed by atoms with Crippen molar-refractivity contribution in [3.8, 4) is 5.75 Å². The minimum atomic E-state index is -3.85. The molecule has 2 aromatic rings. The Bertz CT molecular complexity index is 1050. The Labute approximate surface area is 179 Å². The van der Waals surface area contributed by atoms with E-state index in [4.69, 9.17) is 16.0 Å². The first kappa shape index (κ1) is 21.0. The summed E-state index contributed by atoms with van der Waals surface area (Å²) in [5.74, 6) is 0.185. The van der Waals surface area contributed by atoms with Crippen molar-refractivity contribution in [2.24, 2.45) is 0 Å². The summed E-state index contributed by atoms with van der Waals surface area (Å²) in [5.41, 5.74) is 1.05. The maximum Gasteiger partial charge on any atom is 0.319 e. The van der Waals surface area contributed by atoms with Gasteiger partial charge in [-0.25, -0.2) is 13.2 Å². The second-order valence-electron chi connectivity index (χ2n) is 7.62. The highest BCUT2D eigenvalue weighted by Gasteiger charge is 2.34. The van der Waals surface area contributed by atoms with E-state index in [2.05, 4.69) is 16.0 Å². The Morgan fingerprint density at radius 1 is 1.20 bits per heavy atom. The van der Waals surface area contributed by atoms with Crippen LogP contribution in [0.1, 0.15) is 43.0 Å². The van der Waals surface area contributed by atoms with Crippen LogP contribution in [0, 0.1) is 0 Å². The van der Waals surface area contributed by atoms with Crippen LogP contribution in [-0.2, 0) is 16.3 Å². The number of piperidine rings is 1. The van der Waals surface area contributed by atoms with Gasteiger partial charge in [0.25, 0.3) is 0 Å². The molecule has 2 aliphatic rings. The average Bonchev–Trinajstić information content (AvgIpc) is 3.21. The number of furan rings is 1. The summed E-state index contributed by atoms with van der Waals surface area (Å²) >= 11 is 6.15. The average molecular weight is 454 g/mol. The van der Waals surface area contributed by atoms with Crippen molar-refractivity contribution >= 4 is 33.2 Å². The molecule has 2 heterocycles. The van der Waals surface area contributed by atoms with Gasteiger partial charge in [-0.1, -0.05) is 11.6 Å². The molecule has 1 saturated heterocycles. The van der Waals surface area contributed by atoms with E-state index < -0.39 is 26.9 Å². The van der Waals surface area contributed by atoms with Gasteiger partial charge in [0.1, 0.15) is 10.7 Å². The number of hydrogen-bond acceptors (Lipinski definition) is 6. The van der Waals surface area contributed by atoms with E-state index in [1.165, 1.54) is 12.1 Å². The van der Waals surface area contributed by atoms with Gasteiger partial charge in [-0.05, 0) is 69.0 Å². The lowest BCUT2D eigenvalue weighted by molar-refractivity contribution is 0.244. The molecule has 1 unspecified atom stereocenters. The minimum absolute atomic E-state index is 0.0140. The fourth-order valence-corrected chi connectivity index (χ4v) is 6.52. The number of rotatable bonds is 4. The zero-order valence-corrected chi connectivity index (χ0v) is 17.9. The van der Waals surface area contributed by atoms with E-state index in [9.17, 15) is 18.3 Å². The van der Waals surface area contributed by atoms with E-state index in [1.807, 2.05) is 6.07 Å². The third-order valence-electron chi connectivity index (χ3n) is 5.68. The number of aryl methyl sites for hydroxylation is 1. The zero-order chi connectivity index (χ0) is 21.3. The van der Waals surface area contributed by atoms with Crippen molar-refractivity contribution < 1.29 is 22.7 Å². The smallest absolute Gasteiger partial charge is 0.319 e. The molecular formula is C20H24ClN3O5S. The number of carbonyl (C=O) groups is 1. The number of amides is 2. The number of benzene rings is 1. The van der Waals surface area contributed by atoms with Crippen molar-refractivity contribution in [1.29, 1.82) is 0 Å². The second-order valence-corrected chi connectivity index (χ2v) is 10.2. The molecule has 0 saturated carbocycles. The Hall–Kier alpha value is -2.23. The fourth-order valence-electron chi connectivity index (χ4n) is 4.13. The molecule has 2 amide bonds. The maximum atomic E-state index is 13.1. The molecule has 30 heavy (non-hydrogen) atoms. The molecule has 1 fully saturated rings. The molecule has 4 rings (SSSR count). The number of aromatic hydroxyl groups is 1. The molecule has 1 aromatic carbocycles. The number of phenolic OH excluding ortho intramolecular Hbond substituents is 1. The molecule has 162 valence electrons. The number of carbonyl (C=O) groups excluding carboxylic acids is 1. The first-order chi connectivity index (χ1) is 14.4. The number of halogens is 1. The van der Waals surface area contributed by atoms with Crippen molar-refractivity contribution in [3.05, 3.63) is 40.8 Å². The molecule has 0 spiro atoms. The van der Waals surface area contributed by atoms with E-state index in [0.29, 0.717) is 25.9 Å². The van der Waals surface area contributed by atoms with Crippen LogP contribution in [0.5, 0.6) is 5.75 Å². The number of phenols is 1. The number of sulfone groups is 1. The van der Waals surface area contributed by atoms with Crippen LogP contribution in [0.25, 0.3) is 0 Å². The largest absolute Gasteiger partial charge is 0.504 e. The van der Waals surface area contributed by atoms with Crippen molar-refractivity contribution in [3.63, 3.8) is 0 Å². The predicted octanol–water partition coefficient (Wildman–Crippen LogP) is 3.36. The van der Waals surface area contributed by atoms with Gasteiger partial charge >= 0.3 is 6.03 Å². The fraction of sp³-hybridized carbons (Fsp3) is 0.450. The number of fused-ring (bicyclic) bond motifs is 1. The Morgan fingerprint density at radius 2 is 1.97 bits per heavy atom. The molecule has 10 heteroatoms. The summed E-state index contributed by atoms with van der Waals surface area (Å²) in [4.78, 5) is 12.2. The minimum Gasteiger partial charge on any atom is -0.504 e. The highest BCUT2D eigenvalue weighted by molar-refractivity contribution is 7.92. The van der Waals surface area contributed by atoms with Crippen LogP contribution in [0.3, 0.4) is 0 Å². The maximum absolute atomic E-state index is 13.1. The van der Waals surface area contributed by atoms with Crippen LogP contribution in [0.15, 0.2) is 33.8 Å². The van der Waals surface area contributed by atoms with Crippen molar-refractivity contribution in [1.82, 2.24) is 10.6 Å². The van der Waals surface area contributed by atoms with Gasteiger partial charge in [-0.3, -0.25) is 0 Å². The number of hydrogen-bond donors (Lipinski definition) is 4. The summed E-state index contributed by atoms with van der Waals surface area (Å²) < 4.78 is 31.7. The lowest BCUT2D eigenvalue weighted by Crippen LogP contribution is -2.36. The molecule has 4 N–H and O–H groups in total. The molecule has 1 aromatic heterocycles. The van der Waals surface area contributed by atoms with Crippen molar-refractivity contribution in [2.75, 3.05) is 18.4 Å². The first-order valence-electron chi connectivity index (χ1n) is 9.98. The van der Waals surface area contributed by atoms with Crippen LogP contribution >= 0.6 is 11.6 Å². The standard InChI is InChI=1S/C20H24ClN3O5S/c21-14-4-5-15(17(25)19(14)30(27,28)13-6-9-22-10-7-13)23-20(26)24-16-3-1-2-12-8-11-29-18(12)16/h4-5,8,11,13,16,22,25H,1-3,6-7,9-10H2,(H2,23,24,26). The van der Waals surface area contributed by atoms with Gasteiger partial charge in [0.15, 0.2) is 15.6 Å². The topological polar surface area (TPSA) is 121 Å². The first-order valence-corrected chi connectivity index (χ1v) is 11.9. The molecule has 8 nitrogen and oxygen atoms in total. The summed E-state index contributed by atoms with van der Waals surface area (Å²) in [7, 11) is -3.85. The summed E-state index contributed by atoms with van der Waals surface area (Å²) in [6, 6.07) is 3.81. The summed E-state index contributed by atoms with van der Waals surface area (Å²) in [6.45, 7) is 1.16. The van der Waals surface area contributed by atoms with Gasteiger partial charge in [0.2, 0.25) is 0 Å². The third-order valence-corrected chi connectivity index (χ3v) is 8.44. The Kier molecular flexibility index (Phi) is 5.95. The molecule has 1 aliphatic heterocycles. The van der Waals surface area contributed by atoms with E-state index in [0.717, 1.165) is 30.6 Å². The Morgan fingerprint density at radius 3 is 2.73 bits per heavy atom. The molecule has 0 bridgehead atoms. The Balaban J connectivity index is 1.54. The molecule has 1 aliphatic carbocycles. The second kappa shape index (κ2) is 8.49. The molecule has 0 radical (unpaired) electrons. The van der Waals surface area contributed by atoms with Gasteiger partial charge in [0.05, 0.1) is 28.3 Å². The van der Waals surface area contributed by atoms with Crippen LogP contribution in [-0.4, -0.2) is 37.9 Å². The lowest BCUT2D eigenvalue weighted by Gasteiger charge is -2.24. The van der Waals surface area contributed by atoms with Crippen LogP contribution in [0.4, 0.5) is 10.5 Å². The zero-order valence-electron chi connectivity index (χ0n) is 16.3. The van der Waals surface area contributed by atoms with Gasteiger partial charge in [-0.15, -0.1) is 0 Å². The lowest BCUT2D eigenvalue weighted by atomic mass is 9.94. The molecule has 1 atom stereocenters. The van der Waals surface area contributed by atoms with E-state index in [-0.39, 0.29) is 21.6 Å². The summed E-state index contributed by atoms with van der Waals surface area (Å²) in [6.07, 6.45) is 5.03. The van der Waals surface area contributed by atoms with Gasteiger partial charge < -0.3 is 25.5 Å². The quantitative estimate of drug-likeness (QED) is 0.527. The van der Waals surface area contributed by atoms with Crippen LogP contribution in [0.2, 0.25) is 5.02 Å². The van der Waals surface area contributed by atoms with Crippen molar-refractivity contribution in [2.45, 2.75) is 48.3 Å². The highest BCUT2D eigenvalue weighted by Crippen LogP contribution is 2.40. The van der Waals surface area contributed by atoms with E-state index >= 15 is 0 Å². The normalized spacial score (nSPS) is 19.8. The van der Waals surface area contributed by atoms with Crippen LogP contribution < -0.4 is 16.0 Å².